The van der Waals surface area contributed by atoms with Gasteiger partial charge in [-0.1, -0.05) is 12.1 Å². The monoisotopic (exact) mass is 305 g/mol. The number of ether oxygens (including phenoxy) is 1. The molecule has 7 nitrogen and oxygen atoms in total. The summed E-state index contributed by atoms with van der Waals surface area (Å²) in [5.74, 6) is 0.158. The van der Waals surface area contributed by atoms with Crippen LogP contribution in [0.4, 0.5) is 0 Å². The zero-order valence-corrected chi connectivity index (χ0v) is 12.5. The summed E-state index contributed by atoms with van der Waals surface area (Å²) < 4.78 is 5.44. The number of aromatic amines is 2. The third kappa shape index (κ3) is 4.21. The van der Waals surface area contributed by atoms with E-state index >= 15 is 0 Å². The maximum atomic E-state index is 11.0. The van der Waals surface area contributed by atoms with Gasteiger partial charge in [0, 0.05) is 6.42 Å². The largest absolute Gasteiger partial charge is 0.478 e. The predicted octanol–water partition coefficient (Wildman–Crippen LogP) is 1.52. The fraction of sp³-hybridized carbons (Fsp3) is 0.400. The molecule has 2 aromatic rings. The van der Waals surface area contributed by atoms with Gasteiger partial charge in [-0.25, -0.2) is 14.7 Å². The standard InChI is InChI=1S/C15H19N3O4/c1-15(2,13(19)20)22-11-8-6-10(7-9-11)4-3-5-12-16-14(21)18-17-12/h6-9H,3-5H2,1-2H3,(H,19,20)(H2,16,17,18,21). The molecule has 0 saturated heterocycles. The lowest BCUT2D eigenvalue weighted by molar-refractivity contribution is -0.152. The summed E-state index contributed by atoms with van der Waals surface area (Å²) in [5.41, 5.74) is -0.441. The summed E-state index contributed by atoms with van der Waals surface area (Å²) in [5, 5.41) is 15.2. The van der Waals surface area contributed by atoms with Gasteiger partial charge in [0.25, 0.3) is 0 Å². The minimum absolute atomic E-state index is 0.294. The van der Waals surface area contributed by atoms with Crippen LogP contribution < -0.4 is 10.4 Å². The Labute approximate surface area is 127 Å². The molecule has 1 aromatic carbocycles. The first kappa shape index (κ1) is 15.8. The maximum Gasteiger partial charge on any atom is 0.347 e. The molecule has 2 rings (SSSR count). The molecule has 1 heterocycles. The summed E-state index contributed by atoms with van der Waals surface area (Å²) in [7, 11) is 0. The maximum absolute atomic E-state index is 11.0. The molecule has 0 bridgehead atoms. The van der Waals surface area contributed by atoms with E-state index in [0.717, 1.165) is 18.4 Å². The molecule has 0 amide bonds. The molecule has 3 N–H and O–H groups in total. The van der Waals surface area contributed by atoms with Gasteiger partial charge in [-0.15, -0.1) is 0 Å². The fourth-order valence-electron chi connectivity index (χ4n) is 1.95. The van der Waals surface area contributed by atoms with Crippen molar-refractivity contribution in [3.63, 3.8) is 0 Å². The number of hydrogen-bond donors (Lipinski definition) is 3. The van der Waals surface area contributed by atoms with Gasteiger partial charge in [0.1, 0.15) is 11.6 Å². The lowest BCUT2D eigenvalue weighted by Gasteiger charge is -2.21. The van der Waals surface area contributed by atoms with E-state index < -0.39 is 11.6 Å². The molecule has 118 valence electrons. The van der Waals surface area contributed by atoms with Crippen molar-refractivity contribution in [1.82, 2.24) is 15.2 Å². The number of H-pyrrole nitrogens is 2. The lowest BCUT2D eigenvalue weighted by Crippen LogP contribution is -2.37. The predicted molar refractivity (Wildman–Crippen MR) is 80.0 cm³/mol. The Bertz CT molecular complexity index is 685. The van der Waals surface area contributed by atoms with E-state index in [9.17, 15) is 9.59 Å². The van der Waals surface area contributed by atoms with Gasteiger partial charge in [-0.3, -0.25) is 4.98 Å². The molecular weight excluding hydrogens is 286 g/mol. The Hall–Kier alpha value is -2.57. The van der Waals surface area contributed by atoms with E-state index in [4.69, 9.17) is 9.84 Å². The fourth-order valence-corrected chi connectivity index (χ4v) is 1.95. The summed E-state index contributed by atoms with van der Waals surface area (Å²) in [4.78, 5) is 24.5. The van der Waals surface area contributed by atoms with Gasteiger partial charge in [0.2, 0.25) is 0 Å². The highest BCUT2D eigenvalue weighted by Crippen LogP contribution is 2.20. The molecular formula is C15H19N3O4. The number of rotatable bonds is 7. The minimum Gasteiger partial charge on any atom is -0.478 e. The van der Waals surface area contributed by atoms with Crippen LogP contribution in [0.25, 0.3) is 0 Å². The highest BCUT2D eigenvalue weighted by atomic mass is 16.5. The molecule has 0 aliphatic heterocycles. The van der Waals surface area contributed by atoms with E-state index in [-0.39, 0.29) is 5.69 Å². The molecule has 0 fully saturated rings. The second-order valence-electron chi connectivity index (χ2n) is 5.54. The summed E-state index contributed by atoms with van der Waals surface area (Å²) in [6.45, 7) is 3.02. The third-order valence-electron chi connectivity index (χ3n) is 3.24. The Morgan fingerprint density at radius 1 is 1.27 bits per heavy atom. The normalized spacial score (nSPS) is 11.4. The van der Waals surface area contributed by atoms with E-state index in [1.165, 1.54) is 13.8 Å². The van der Waals surface area contributed by atoms with Gasteiger partial charge in [0.05, 0.1) is 0 Å². The molecule has 22 heavy (non-hydrogen) atoms. The number of nitrogens with one attached hydrogen (secondary N) is 2. The van der Waals surface area contributed by atoms with Crippen LogP contribution >= 0.6 is 0 Å². The molecule has 7 heteroatoms. The smallest absolute Gasteiger partial charge is 0.347 e. The Kier molecular flexibility index (Phi) is 4.65. The summed E-state index contributed by atoms with van der Waals surface area (Å²) >= 11 is 0. The number of carboxylic acids is 1. The van der Waals surface area contributed by atoms with Gasteiger partial charge < -0.3 is 9.84 Å². The zero-order valence-electron chi connectivity index (χ0n) is 12.5. The van der Waals surface area contributed by atoms with Crippen LogP contribution in [-0.2, 0) is 17.6 Å². The highest BCUT2D eigenvalue weighted by molar-refractivity contribution is 5.76. The molecule has 0 unspecified atom stereocenters. The summed E-state index contributed by atoms with van der Waals surface area (Å²) in [6, 6.07) is 7.33. The molecule has 0 aliphatic carbocycles. The molecule has 0 radical (unpaired) electrons. The number of carboxylic acid groups (broad SMARTS) is 1. The molecule has 0 saturated carbocycles. The summed E-state index contributed by atoms with van der Waals surface area (Å²) in [6.07, 6.45) is 2.36. The zero-order chi connectivity index (χ0) is 16.2. The Morgan fingerprint density at radius 3 is 2.50 bits per heavy atom. The van der Waals surface area contributed by atoms with Crippen LogP contribution in [0.1, 0.15) is 31.7 Å². The number of aromatic nitrogens is 3. The second-order valence-corrected chi connectivity index (χ2v) is 5.54. The van der Waals surface area contributed by atoms with Crippen molar-refractivity contribution in [3.05, 3.63) is 46.1 Å². The quantitative estimate of drug-likeness (QED) is 0.718. The van der Waals surface area contributed by atoms with Crippen molar-refractivity contribution in [3.8, 4) is 5.75 Å². The van der Waals surface area contributed by atoms with Crippen molar-refractivity contribution in [1.29, 1.82) is 0 Å². The Morgan fingerprint density at radius 2 is 1.95 bits per heavy atom. The number of benzene rings is 1. The van der Waals surface area contributed by atoms with E-state index in [1.54, 1.807) is 12.1 Å². The lowest BCUT2D eigenvalue weighted by atomic mass is 10.1. The van der Waals surface area contributed by atoms with Gasteiger partial charge in [-0.2, -0.15) is 5.10 Å². The molecule has 1 aromatic heterocycles. The Balaban J connectivity index is 1.86. The van der Waals surface area contributed by atoms with Crippen molar-refractivity contribution in [2.24, 2.45) is 0 Å². The van der Waals surface area contributed by atoms with Crippen LogP contribution in [0.3, 0.4) is 0 Å². The number of aryl methyl sites for hydroxylation is 2. The highest BCUT2D eigenvalue weighted by Gasteiger charge is 2.29. The van der Waals surface area contributed by atoms with Crippen molar-refractivity contribution >= 4 is 5.97 Å². The van der Waals surface area contributed by atoms with Crippen molar-refractivity contribution < 1.29 is 14.6 Å². The minimum atomic E-state index is -1.26. The van der Waals surface area contributed by atoms with Crippen LogP contribution in [0.2, 0.25) is 0 Å². The van der Waals surface area contributed by atoms with E-state index in [1.807, 2.05) is 12.1 Å². The number of hydrogen-bond acceptors (Lipinski definition) is 4. The topological polar surface area (TPSA) is 108 Å². The SMILES string of the molecule is CC(C)(Oc1ccc(CCCc2n[nH]c(=O)[nH]2)cc1)C(=O)O. The van der Waals surface area contributed by atoms with E-state index in [2.05, 4.69) is 15.2 Å². The second kappa shape index (κ2) is 6.46. The van der Waals surface area contributed by atoms with Gasteiger partial charge in [0.15, 0.2) is 5.60 Å². The average Bonchev–Trinajstić information content (AvgIpc) is 2.86. The van der Waals surface area contributed by atoms with Crippen LogP contribution in [0, 0.1) is 0 Å². The molecule has 0 atom stereocenters. The number of aliphatic carboxylic acids is 1. The van der Waals surface area contributed by atoms with Gasteiger partial charge in [-0.05, 0) is 44.4 Å². The molecule has 0 aliphatic rings. The number of carbonyl (C=O) groups is 1. The van der Waals surface area contributed by atoms with Crippen molar-refractivity contribution in [2.75, 3.05) is 0 Å². The average molecular weight is 305 g/mol. The number of nitrogens with zero attached hydrogens (tertiary/aromatic N) is 1. The van der Waals surface area contributed by atoms with Crippen molar-refractivity contribution in [2.45, 2.75) is 38.7 Å². The van der Waals surface area contributed by atoms with Crippen LogP contribution in [0.5, 0.6) is 5.75 Å². The third-order valence-corrected chi connectivity index (χ3v) is 3.24. The molecule has 0 spiro atoms. The van der Waals surface area contributed by atoms with Crippen LogP contribution in [-0.4, -0.2) is 31.9 Å². The van der Waals surface area contributed by atoms with E-state index in [0.29, 0.717) is 18.0 Å². The van der Waals surface area contributed by atoms with Crippen LogP contribution in [0.15, 0.2) is 29.1 Å². The van der Waals surface area contributed by atoms with Gasteiger partial charge >= 0.3 is 11.7 Å². The first-order valence-electron chi connectivity index (χ1n) is 7.02. The first-order valence-corrected chi connectivity index (χ1v) is 7.02. The first-order chi connectivity index (χ1) is 10.4.